The molecule has 22 aromatic rings. The van der Waals surface area contributed by atoms with Crippen LogP contribution in [0.15, 0.2) is 276 Å². The van der Waals surface area contributed by atoms with Crippen molar-refractivity contribution in [2.24, 2.45) is 0 Å². The fourth-order valence-electron chi connectivity index (χ4n) is 14.9. The third-order valence-electron chi connectivity index (χ3n) is 18.5. The third kappa shape index (κ3) is 7.07. The molecule has 0 saturated heterocycles. The van der Waals surface area contributed by atoms with Crippen LogP contribution in [-0.4, -0.2) is 38.3 Å². The van der Waals surface area contributed by atoms with Gasteiger partial charge in [0.15, 0.2) is 11.2 Å². The van der Waals surface area contributed by atoms with Crippen molar-refractivity contribution < 1.29 is 8.83 Å². The lowest BCUT2D eigenvalue weighted by Gasteiger charge is -2.09. The molecule has 0 bridgehead atoms. The number of hydrogen-bond acceptors (Lipinski definition) is 6. The predicted molar refractivity (Wildman–Crippen MR) is 374 cm³/mol. The van der Waals surface area contributed by atoms with E-state index in [-0.39, 0.29) is 5.28 Å². The van der Waals surface area contributed by atoms with E-state index in [0.717, 1.165) is 66.5 Å². The summed E-state index contributed by atoms with van der Waals surface area (Å²) in [5.41, 5.74) is 20.1. The van der Waals surface area contributed by atoms with Crippen molar-refractivity contribution in [3.8, 4) is 28.5 Å². The van der Waals surface area contributed by atoms with Gasteiger partial charge in [-0.1, -0.05) is 194 Å². The zero-order valence-corrected chi connectivity index (χ0v) is 49.0. The Bertz CT molecular complexity index is 6730. The summed E-state index contributed by atoms with van der Waals surface area (Å²) in [4.78, 5) is 22.9. The monoisotopic (exact) mass is 1180 g/mol. The minimum Gasteiger partial charge on any atom is -0.452 e. The summed E-state index contributed by atoms with van der Waals surface area (Å²) in [6, 6.07) is 92.9. The van der Waals surface area contributed by atoms with Crippen LogP contribution in [0.5, 0.6) is 0 Å². The number of aromatic nitrogens is 8. The number of nitrogens with one attached hydrogen (secondary N) is 1. The van der Waals surface area contributed by atoms with Gasteiger partial charge in [-0.2, -0.15) is 0 Å². The molecule has 1 N–H and O–H groups in total. The first kappa shape index (κ1) is 49.9. The van der Waals surface area contributed by atoms with Gasteiger partial charge in [0.25, 0.3) is 0 Å². The summed E-state index contributed by atoms with van der Waals surface area (Å²) in [5, 5.41) is 17.5. The number of rotatable bonds is 3. The number of halogens is 1. The van der Waals surface area contributed by atoms with Crippen molar-refractivity contribution in [1.82, 2.24) is 38.3 Å². The van der Waals surface area contributed by atoms with Crippen molar-refractivity contribution in [2.45, 2.75) is 0 Å². The molecule has 10 heterocycles. The van der Waals surface area contributed by atoms with Crippen molar-refractivity contribution >= 4 is 176 Å². The highest BCUT2D eigenvalue weighted by Crippen LogP contribution is 2.48. The second kappa shape index (κ2) is 18.9. The molecule has 11 heteroatoms. The van der Waals surface area contributed by atoms with E-state index in [1.54, 1.807) is 0 Å². The molecule has 0 saturated carbocycles. The summed E-state index contributed by atoms with van der Waals surface area (Å²) in [7, 11) is 0. The van der Waals surface area contributed by atoms with Gasteiger partial charge in [-0.3, -0.25) is 4.57 Å². The third-order valence-corrected chi connectivity index (χ3v) is 18.7. The summed E-state index contributed by atoms with van der Waals surface area (Å²) >= 11 is 6.07. The molecule has 0 radical (unpaired) electrons. The highest BCUT2D eigenvalue weighted by Gasteiger charge is 2.27. The molecule has 22 rings (SSSR count). The Kier molecular flexibility index (Phi) is 10.4. The van der Waals surface area contributed by atoms with Crippen LogP contribution in [0.25, 0.3) is 192 Å². The topological polar surface area (TPSA) is 107 Å². The average molecular weight is 1190 g/mol. The lowest BCUT2D eigenvalue weighted by atomic mass is 10.0. The molecule has 10 nitrogen and oxygen atoms in total. The van der Waals surface area contributed by atoms with Crippen molar-refractivity contribution in [1.29, 1.82) is 0 Å². The molecule has 0 fully saturated rings. The second-order valence-corrected chi connectivity index (χ2v) is 23.7. The average Bonchev–Trinajstić information content (AvgIpc) is 1.53. The Morgan fingerprint density at radius 1 is 0.308 bits per heavy atom. The maximum Gasteiger partial charge on any atom is 0.236 e. The Labute approximate surface area is 520 Å². The van der Waals surface area contributed by atoms with Gasteiger partial charge in [0.05, 0.1) is 44.1 Å². The highest BCUT2D eigenvalue weighted by molar-refractivity contribution is 6.37. The molecule has 91 heavy (non-hydrogen) atoms. The molecule has 0 unspecified atom stereocenters. The molecule has 0 atom stereocenters. The van der Waals surface area contributed by atoms with Gasteiger partial charge in [-0.25, -0.2) is 19.9 Å². The Hall–Kier alpha value is -12.1. The van der Waals surface area contributed by atoms with Gasteiger partial charge >= 0.3 is 0 Å². The van der Waals surface area contributed by atoms with E-state index in [1.807, 2.05) is 91.0 Å². The summed E-state index contributed by atoms with van der Waals surface area (Å²) < 4.78 is 19.5. The van der Waals surface area contributed by atoms with Crippen LogP contribution in [0.4, 0.5) is 0 Å². The first-order chi connectivity index (χ1) is 45.1. The van der Waals surface area contributed by atoms with E-state index in [2.05, 4.69) is 204 Å². The maximum atomic E-state index is 6.43. The Morgan fingerprint density at radius 2 is 0.725 bits per heavy atom. The van der Waals surface area contributed by atoms with Crippen LogP contribution in [-0.2, 0) is 0 Å². The van der Waals surface area contributed by atoms with Gasteiger partial charge < -0.3 is 22.6 Å². The fraction of sp³-hybridized carbons (Fsp3) is 0. The molecule has 0 aliphatic rings. The first-order valence-electron chi connectivity index (χ1n) is 30.4. The Morgan fingerprint density at radius 3 is 1.30 bits per heavy atom. The smallest absolute Gasteiger partial charge is 0.236 e. The number of hydrogen-bond donors (Lipinski definition) is 1. The molecule has 0 aliphatic heterocycles. The normalized spacial score (nSPS) is 12.2. The van der Waals surface area contributed by atoms with Gasteiger partial charge in [0.1, 0.15) is 33.6 Å². The van der Waals surface area contributed by atoms with Crippen LogP contribution in [0.3, 0.4) is 0 Å². The van der Waals surface area contributed by atoms with Crippen LogP contribution < -0.4 is 0 Å². The quantitative estimate of drug-likeness (QED) is 0.177. The lowest BCUT2D eigenvalue weighted by molar-refractivity contribution is 0.666. The van der Waals surface area contributed by atoms with Crippen molar-refractivity contribution in [3.63, 3.8) is 0 Å². The predicted octanol–water partition coefficient (Wildman–Crippen LogP) is 21.5. The van der Waals surface area contributed by atoms with E-state index in [9.17, 15) is 0 Å². The van der Waals surface area contributed by atoms with Gasteiger partial charge in [0.2, 0.25) is 11.2 Å². The molecule has 12 aromatic carbocycles. The first-order valence-corrected chi connectivity index (χ1v) is 30.8. The number of furan rings is 2. The van der Waals surface area contributed by atoms with Crippen LogP contribution in [0, 0.1) is 0 Å². The largest absolute Gasteiger partial charge is 0.452 e. The zero-order chi connectivity index (χ0) is 59.6. The summed E-state index contributed by atoms with van der Waals surface area (Å²) in [6.45, 7) is 0. The summed E-state index contributed by atoms with van der Waals surface area (Å²) in [5.74, 6) is 0.626. The number of para-hydroxylation sites is 8. The van der Waals surface area contributed by atoms with Gasteiger partial charge in [-0.05, 0) is 84.4 Å². The van der Waals surface area contributed by atoms with Crippen molar-refractivity contribution in [2.75, 3.05) is 0 Å². The van der Waals surface area contributed by atoms with Crippen LogP contribution >= 0.6 is 11.6 Å². The molecule has 0 amide bonds. The molecule has 10 aromatic heterocycles. The Balaban J connectivity index is 0.000000105. The van der Waals surface area contributed by atoms with E-state index >= 15 is 0 Å². The van der Waals surface area contributed by atoms with E-state index < -0.39 is 0 Å². The second-order valence-electron chi connectivity index (χ2n) is 23.4. The van der Waals surface area contributed by atoms with Crippen molar-refractivity contribution in [3.05, 3.63) is 272 Å². The minimum atomic E-state index is 0.225. The highest BCUT2D eigenvalue weighted by atomic mass is 35.5. The summed E-state index contributed by atoms with van der Waals surface area (Å²) in [6.07, 6.45) is 0. The standard InChI is InChI=1S/C40H22N4O.C24H14N2.C16H9ClN2O/c1-2-12-23(13-3-1)36-39-37(27-17-7-11-21-33(27)45-39)42-40(41-36)44-31-20-10-5-15-25(31)34-32(44)22-28-24-14-4-8-18-29(24)43-30-19-9-6-16-26(30)35(34)38(28)43;1-4-10-18-15(8-1)22-19(25-18)13-17-14-7-2-5-11-20(14)26-21-12-6-3-9-16(21)23(22)24(17)26;17-16-18-13(10-6-2-1-3-7-10)15-14(19-16)11-8-4-5-9-12(11)20-15/h1-22H;1-13,25H;1-9H. The molecular formula is C80H45ClN8O2. The fourth-order valence-corrected chi connectivity index (χ4v) is 15.0. The SMILES string of the molecule is Clc1nc(-c2ccccc2)c2oc3ccccc3c2n1.c1ccc(-c2nc(-n3c4ccccc4c4c5c6ccccc6n6c7ccccc7c(cc43)c56)nc3c2oc2ccccc23)cc1.c1ccc2c(c1)[nH]c1cc3c4ccccc4n4c5ccccc5c(c12)c34. The number of nitrogens with zero attached hydrogens (tertiary/aromatic N) is 7. The maximum absolute atomic E-state index is 6.43. The van der Waals surface area contributed by atoms with E-state index in [1.165, 1.54) is 109 Å². The van der Waals surface area contributed by atoms with Crippen LogP contribution in [0.1, 0.15) is 0 Å². The number of aromatic amines is 1. The lowest BCUT2D eigenvalue weighted by Crippen LogP contribution is -2.02. The van der Waals surface area contributed by atoms with Gasteiger partial charge in [0, 0.05) is 97.6 Å². The minimum absolute atomic E-state index is 0.225. The molecule has 0 aliphatic carbocycles. The van der Waals surface area contributed by atoms with Gasteiger partial charge in [-0.15, -0.1) is 0 Å². The molecule has 0 spiro atoms. The number of H-pyrrole nitrogens is 1. The number of benzene rings is 12. The molecule has 424 valence electrons. The van der Waals surface area contributed by atoms with Crippen LogP contribution in [0.2, 0.25) is 5.28 Å². The van der Waals surface area contributed by atoms with E-state index in [4.69, 9.17) is 30.4 Å². The zero-order valence-electron chi connectivity index (χ0n) is 48.2. The number of fused-ring (bicyclic) bond motifs is 26. The van der Waals surface area contributed by atoms with E-state index in [0.29, 0.717) is 17.1 Å². The molecular weight excluding hydrogens is 1140 g/mol.